The second-order valence-corrected chi connectivity index (χ2v) is 4.01. The third-order valence-electron chi connectivity index (χ3n) is 1.69. The Labute approximate surface area is 106 Å². The molecule has 0 saturated heterocycles. The molecule has 1 rings (SSSR count). The lowest BCUT2D eigenvalue weighted by molar-refractivity contribution is -0.380. The zero-order chi connectivity index (χ0) is 13.5. The Morgan fingerprint density at radius 3 is 2.83 bits per heavy atom. The third-order valence-corrected chi connectivity index (χ3v) is 2.71. The fourth-order valence-electron chi connectivity index (χ4n) is 0.938. The molecule has 0 aliphatic rings. The van der Waals surface area contributed by atoms with Gasteiger partial charge in [-0.05, 0) is 6.07 Å². The van der Waals surface area contributed by atoms with Crippen LogP contribution in [0.4, 0.5) is 5.00 Å². The van der Waals surface area contributed by atoms with Crippen molar-refractivity contribution < 1.29 is 19.2 Å². The lowest BCUT2D eigenvalue weighted by Gasteiger charge is -2.02. The van der Waals surface area contributed by atoms with Gasteiger partial charge in [0.1, 0.15) is 4.88 Å². The molecule has 0 fully saturated rings. The topological polar surface area (TPSA) is 98.5 Å². The number of ether oxygens (including phenoxy) is 1. The summed E-state index contributed by atoms with van der Waals surface area (Å²) in [5.41, 5.74) is 0. The zero-order valence-electron chi connectivity index (χ0n) is 9.04. The molecular weight excluding hydrogens is 260 g/mol. The normalized spacial score (nSPS) is 9.28. The van der Waals surface area contributed by atoms with Crippen molar-refractivity contribution in [2.24, 2.45) is 0 Å². The van der Waals surface area contributed by atoms with Gasteiger partial charge in [-0.1, -0.05) is 17.3 Å². The molecule has 1 aromatic rings. The van der Waals surface area contributed by atoms with Crippen LogP contribution in [-0.2, 0) is 9.53 Å². The number of thiophene rings is 1. The average Bonchev–Trinajstić information content (AvgIpc) is 2.83. The number of esters is 1. The fourth-order valence-corrected chi connectivity index (χ4v) is 1.65. The van der Waals surface area contributed by atoms with E-state index in [9.17, 15) is 19.7 Å². The molecule has 8 heteroatoms. The maximum Gasteiger partial charge on any atom is 0.349 e. The Hall–Kier alpha value is -2.40. The lowest BCUT2D eigenvalue weighted by atomic mass is 10.5. The van der Waals surface area contributed by atoms with Gasteiger partial charge in [-0.2, -0.15) is 0 Å². The van der Waals surface area contributed by atoms with E-state index in [0.717, 1.165) is 0 Å². The largest absolute Gasteiger partial charge is 0.451 e. The van der Waals surface area contributed by atoms with Gasteiger partial charge in [0.05, 0.1) is 11.5 Å². The highest BCUT2D eigenvalue weighted by molar-refractivity contribution is 7.17. The summed E-state index contributed by atoms with van der Waals surface area (Å²) in [5, 5.41) is 12.5. The van der Waals surface area contributed by atoms with Gasteiger partial charge >= 0.3 is 11.0 Å². The molecule has 1 amide bonds. The van der Waals surface area contributed by atoms with E-state index in [1.807, 2.05) is 0 Å². The number of hydrogen-bond donors (Lipinski definition) is 1. The van der Waals surface area contributed by atoms with Crippen molar-refractivity contribution >= 4 is 28.2 Å². The predicted octanol–water partition coefficient (Wildman–Crippen LogP) is 0.562. The molecule has 1 aromatic heterocycles. The van der Waals surface area contributed by atoms with Gasteiger partial charge in [0, 0.05) is 6.07 Å². The van der Waals surface area contributed by atoms with Crippen LogP contribution in [0.5, 0.6) is 0 Å². The molecule has 0 aliphatic carbocycles. The van der Waals surface area contributed by atoms with Crippen molar-refractivity contribution in [2.75, 3.05) is 13.2 Å². The molecule has 0 radical (unpaired) electrons. The summed E-state index contributed by atoms with van der Waals surface area (Å²) in [6, 6.07) is 2.46. The van der Waals surface area contributed by atoms with E-state index in [1.54, 1.807) is 0 Å². The summed E-state index contributed by atoms with van der Waals surface area (Å²) >= 11 is 0.681. The quantitative estimate of drug-likeness (QED) is 0.364. The lowest BCUT2D eigenvalue weighted by Crippen LogP contribution is -2.28. The van der Waals surface area contributed by atoms with Crippen LogP contribution in [0.2, 0.25) is 0 Å². The first-order valence-corrected chi connectivity index (χ1v) is 5.47. The van der Waals surface area contributed by atoms with Gasteiger partial charge < -0.3 is 10.1 Å². The van der Waals surface area contributed by atoms with E-state index in [2.05, 4.69) is 16.0 Å². The van der Waals surface area contributed by atoms with Gasteiger partial charge in [0.2, 0.25) is 0 Å². The molecule has 94 valence electrons. The summed E-state index contributed by atoms with van der Waals surface area (Å²) in [5.74, 6) is 0.866. The molecule has 1 heterocycles. The minimum Gasteiger partial charge on any atom is -0.451 e. The van der Waals surface area contributed by atoms with E-state index < -0.39 is 23.4 Å². The van der Waals surface area contributed by atoms with Crippen LogP contribution in [0.1, 0.15) is 9.67 Å². The molecule has 0 saturated carbocycles. The van der Waals surface area contributed by atoms with Crippen molar-refractivity contribution in [2.45, 2.75) is 0 Å². The Morgan fingerprint density at radius 1 is 1.56 bits per heavy atom. The van der Waals surface area contributed by atoms with Gasteiger partial charge in [-0.3, -0.25) is 14.9 Å². The molecule has 0 unspecified atom stereocenters. The van der Waals surface area contributed by atoms with Crippen molar-refractivity contribution in [3.63, 3.8) is 0 Å². The summed E-state index contributed by atoms with van der Waals surface area (Å²) in [6.45, 7) is -0.437. The van der Waals surface area contributed by atoms with E-state index in [1.165, 1.54) is 12.1 Å². The Morgan fingerprint density at radius 2 is 2.28 bits per heavy atom. The number of nitro groups is 1. The molecule has 0 bridgehead atoms. The van der Waals surface area contributed by atoms with Crippen LogP contribution in [0.25, 0.3) is 0 Å². The highest BCUT2D eigenvalue weighted by atomic mass is 32.1. The number of rotatable bonds is 5. The first-order chi connectivity index (χ1) is 8.54. The first kappa shape index (κ1) is 13.7. The van der Waals surface area contributed by atoms with Crippen LogP contribution in [0.3, 0.4) is 0 Å². The Kier molecular flexibility index (Phi) is 4.83. The van der Waals surface area contributed by atoms with Crippen LogP contribution in [0.15, 0.2) is 12.1 Å². The molecule has 0 atom stereocenters. The smallest absolute Gasteiger partial charge is 0.349 e. The molecule has 1 N–H and O–H groups in total. The molecular formula is C10H8N2O5S. The van der Waals surface area contributed by atoms with Gasteiger partial charge in [-0.15, -0.1) is 6.42 Å². The summed E-state index contributed by atoms with van der Waals surface area (Å²) in [4.78, 5) is 32.3. The molecule has 0 aromatic carbocycles. The molecule has 18 heavy (non-hydrogen) atoms. The van der Waals surface area contributed by atoms with E-state index in [-0.39, 0.29) is 16.4 Å². The first-order valence-electron chi connectivity index (χ1n) is 4.66. The van der Waals surface area contributed by atoms with Crippen LogP contribution < -0.4 is 5.32 Å². The number of hydrogen-bond acceptors (Lipinski definition) is 6. The predicted molar refractivity (Wildman–Crippen MR) is 63.1 cm³/mol. The minimum absolute atomic E-state index is 0.0425. The maximum absolute atomic E-state index is 11.4. The number of carbonyl (C=O) groups is 2. The summed E-state index contributed by atoms with van der Waals surface area (Å²) in [6.07, 6.45) is 4.92. The Balaban J connectivity index is 2.48. The second-order valence-electron chi connectivity index (χ2n) is 2.95. The molecule has 0 spiro atoms. The zero-order valence-corrected chi connectivity index (χ0v) is 9.86. The fraction of sp³-hybridized carbons (Fsp3) is 0.200. The highest BCUT2D eigenvalue weighted by Gasteiger charge is 2.17. The van der Waals surface area contributed by atoms with Crippen molar-refractivity contribution in [3.05, 3.63) is 27.1 Å². The van der Waals surface area contributed by atoms with Crippen LogP contribution >= 0.6 is 11.3 Å². The van der Waals surface area contributed by atoms with Crippen molar-refractivity contribution in [1.29, 1.82) is 0 Å². The SMILES string of the molecule is C#CCNC(=O)COC(=O)c1ccc([N+](=O)[O-])s1. The number of carbonyl (C=O) groups excluding carboxylic acids is 2. The minimum atomic E-state index is -0.788. The average molecular weight is 268 g/mol. The summed E-state index contributed by atoms with van der Waals surface area (Å²) in [7, 11) is 0. The number of amides is 1. The maximum atomic E-state index is 11.4. The van der Waals surface area contributed by atoms with Crippen molar-refractivity contribution in [3.8, 4) is 12.3 Å². The van der Waals surface area contributed by atoms with E-state index in [0.29, 0.717) is 11.3 Å². The van der Waals surface area contributed by atoms with E-state index >= 15 is 0 Å². The highest BCUT2D eigenvalue weighted by Crippen LogP contribution is 2.24. The number of terminal acetylenes is 1. The summed E-state index contributed by atoms with van der Waals surface area (Å²) < 4.78 is 4.65. The van der Waals surface area contributed by atoms with Gasteiger partial charge in [0.15, 0.2) is 6.61 Å². The van der Waals surface area contributed by atoms with E-state index in [4.69, 9.17) is 6.42 Å². The number of nitrogens with zero attached hydrogens (tertiary/aromatic N) is 1. The van der Waals surface area contributed by atoms with Gasteiger partial charge in [0.25, 0.3) is 5.91 Å². The molecule has 0 aliphatic heterocycles. The van der Waals surface area contributed by atoms with Crippen LogP contribution in [0, 0.1) is 22.5 Å². The second kappa shape index (κ2) is 6.36. The monoisotopic (exact) mass is 268 g/mol. The van der Waals surface area contributed by atoms with Crippen LogP contribution in [-0.4, -0.2) is 30.0 Å². The standard InChI is InChI=1S/C10H8N2O5S/c1-2-5-11-8(13)6-17-10(14)7-3-4-9(18-7)12(15)16/h1,3-4H,5-6H2,(H,11,13). The van der Waals surface area contributed by atoms with Crippen molar-refractivity contribution in [1.82, 2.24) is 5.32 Å². The molecule has 7 nitrogen and oxygen atoms in total. The Bertz CT molecular complexity index is 517. The third kappa shape index (κ3) is 3.88. The van der Waals surface area contributed by atoms with Gasteiger partial charge in [-0.25, -0.2) is 4.79 Å². The number of nitrogens with one attached hydrogen (secondary N) is 1.